The van der Waals surface area contributed by atoms with Gasteiger partial charge in [0.05, 0.1) is 20.8 Å². The first kappa shape index (κ1) is 17.6. The van der Waals surface area contributed by atoms with Crippen molar-refractivity contribution >= 4 is 11.9 Å². The Morgan fingerprint density at radius 1 is 1.00 bits per heavy atom. The molecule has 2 aromatic carbocycles. The van der Waals surface area contributed by atoms with Crippen LogP contribution in [0, 0.1) is 0 Å². The van der Waals surface area contributed by atoms with Crippen LogP contribution in [-0.4, -0.2) is 26.6 Å². The number of carbonyl (C=O) groups is 1. The molecule has 2 rings (SSSR count). The van der Waals surface area contributed by atoms with Crippen LogP contribution >= 0.6 is 0 Å². The number of ether oxygens (including phenoxy) is 3. The van der Waals surface area contributed by atoms with Crippen molar-refractivity contribution < 1.29 is 19.0 Å². The second kappa shape index (κ2) is 8.77. The third-order valence-corrected chi connectivity index (χ3v) is 3.45. The van der Waals surface area contributed by atoms with Gasteiger partial charge < -0.3 is 14.2 Å². The lowest BCUT2D eigenvalue weighted by Gasteiger charge is -2.07. The van der Waals surface area contributed by atoms with E-state index < -0.39 is 0 Å². The average molecular weight is 326 g/mol. The van der Waals surface area contributed by atoms with Crippen LogP contribution in [0.2, 0.25) is 0 Å². The van der Waals surface area contributed by atoms with E-state index >= 15 is 0 Å². The molecule has 0 spiro atoms. The molecule has 24 heavy (non-hydrogen) atoms. The van der Waals surface area contributed by atoms with Gasteiger partial charge in [0, 0.05) is 5.56 Å². The second-order valence-electron chi connectivity index (χ2n) is 5.18. The Balaban J connectivity index is 2.07. The first-order chi connectivity index (χ1) is 11.7. The van der Waals surface area contributed by atoms with E-state index in [0.29, 0.717) is 23.7 Å². The van der Waals surface area contributed by atoms with E-state index in [1.807, 2.05) is 30.3 Å². The quantitative estimate of drug-likeness (QED) is 0.533. The molecule has 2 aromatic rings. The number of carbonyl (C=O) groups excluding carboxylic acids is 1. The summed E-state index contributed by atoms with van der Waals surface area (Å²) >= 11 is 0. The highest BCUT2D eigenvalue weighted by atomic mass is 16.5. The van der Waals surface area contributed by atoms with E-state index in [2.05, 4.69) is 6.92 Å². The van der Waals surface area contributed by atoms with Gasteiger partial charge in [0.2, 0.25) is 0 Å². The van der Waals surface area contributed by atoms with E-state index in [-0.39, 0.29) is 5.78 Å². The molecule has 4 heteroatoms. The maximum Gasteiger partial charge on any atom is 0.185 e. The number of ketones is 1. The van der Waals surface area contributed by atoms with Gasteiger partial charge in [-0.2, -0.15) is 0 Å². The minimum absolute atomic E-state index is 0.0631. The number of benzene rings is 2. The fraction of sp³-hybridized carbons (Fsp3) is 0.250. The number of methoxy groups -OCH3 is 2. The summed E-state index contributed by atoms with van der Waals surface area (Å²) in [6, 6.07) is 12.7. The summed E-state index contributed by atoms with van der Waals surface area (Å²) in [6.45, 7) is 2.73. The maximum absolute atomic E-state index is 12.2. The molecule has 0 saturated heterocycles. The van der Waals surface area contributed by atoms with E-state index in [1.165, 1.54) is 0 Å². The van der Waals surface area contributed by atoms with Crippen LogP contribution in [0.5, 0.6) is 17.2 Å². The zero-order chi connectivity index (χ0) is 17.4. The molecule has 0 aliphatic heterocycles. The van der Waals surface area contributed by atoms with Crippen LogP contribution in [0.25, 0.3) is 6.08 Å². The van der Waals surface area contributed by atoms with Gasteiger partial charge in [-0.15, -0.1) is 0 Å². The molecule has 0 bridgehead atoms. The van der Waals surface area contributed by atoms with Crippen LogP contribution < -0.4 is 14.2 Å². The minimum Gasteiger partial charge on any atom is -0.494 e. The molecule has 0 aliphatic carbocycles. The SMILES string of the molecule is CCCOc1ccc(C(=O)C=Cc2ccc(OC)c(OC)c2)cc1. The molecule has 0 N–H and O–H groups in total. The molecule has 4 nitrogen and oxygen atoms in total. The molecule has 126 valence electrons. The predicted octanol–water partition coefficient (Wildman–Crippen LogP) is 4.39. The van der Waals surface area contributed by atoms with Gasteiger partial charge in [0.1, 0.15) is 5.75 Å². The third kappa shape index (κ3) is 4.62. The number of hydrogen-bond donors (Lipinski definition) is 0. The number of rotatable bonds is 8. The Hall–Kier alpha value is -2.75. The van der Waals surface area contributed by atoms with Crippen molar-refractivity contribution in [2.45, 2.75) is 13.3 Å². The standard InChI is InChI=1S/C20H22O4/c1-4-13-24-17-9-7-16(8-10-17)18(21)11-5-15-6-12-19(22-2)20(14-15)23-3/h5-12,14H,4,13H2,1-3H3. The van der Waals surface area contributed by atoms with Crippen LogP contribution in [0.4, 0.5) is 0 Å². The summed E-state index contributed by atoms with van der Waals surface area (Å²) in [6.07, 6.45) is 4.25. The topological polar surface area (TPSA) is 44.8 Å². The molecule has 0 heterocycles. The van der Waals surface area contributed by atoms with Crippen molar-refractivity contribution in [1.82, 2.24) is 0 Å². The Kier molecular flexibility index (Phi) is 6.43. The van der Waals surface area contributed by atoms with E-state index in [9.17, 15) is 4.79 Å². The van der Waals surface area contributed by atoms with Gasteiger partial charge in [-0.3, -0.25) is 4.79 Å². The molecular weight excluding hydrogens is 304 g/mol. The highest BCUT2D eigenvalue weighted by Crippen LogP contribution is 2.28. The van der Waals surface area contributed by atoms with Gasteiger partial charge in [-0.1, -0.05) is 19.1 Å². The zero-order valence-corrected chi connectivity index (χ0v) is 14.2. The zero-order valence-electron chi connectivity index (χ0n) is 14.2. The van der Waals surface area contributed by atoms with Crippen LogP contribution in [-0.2, 0) is 0 Å². The van der Waals surface area contributed by atoms with Crippen molar-refractivity contribution in [3.63, 3.8) is 0 Å². The van der Waals surface area contributed by atoms with Crippen molar-refractivity contribution in [2.24, 2.45) is 0 Å². The number of allylic oxidation sites excluding steroid dienone is 1. The number of hydrogen-bond acceptors (Lipinski definition) is 4. The van der Waals surface area contributed by atoms with Crippen LogP contribution in [0.15, 0.2) is 48.5 Å². The highest BCUT2D eigenvalue weighted by Gasteiger charge is 2.05. The summed E-state index contributed by atoms with van der Waals surface area (Å²) in [7, 11) is 3.17. The molecule has 0 radical (unpaired) electrons. The van der Waals surface area contributed by atoms with E-state index in [0.717, 1.165) is 17.7 Å². The van der Waals surface area contributed by atoms with Gasteiger partial charge in [0.15, 0.2) is 17.3 Å². The summed E-state index contributed by atoms with van der Waals surface area (Å²) < 4.78 is 16.0. The van der Waals surface area contributed by atoms with E-state index in [1.54, 1.807) is 38.5 Å². The van der Waals surface area contributed by atoms with Gasteiger partial charge >= 0.3 is 0 Å². The Morgan fingerprint density at radius 3 is 2.33 bits per heavy atom. The second-order valence-corrected chi connectivity index (χ2v) is 5.18. The highest BCUT2D eigenvalue weighted by molar-refractivity contribution is 6.06. The lowest BCUT2D eigenvalue weighted by Crippen LogP contribution is -1.97. The maximum atomic E-state index is 12.2. The smallest absolute Gasteiger partial charge is 0.185 e. The van der Waals surface area contributed by atoms with Gasteiger partial charge in [0.25, 0.3) is 0 Å². The third-order valence-electron chi connectivity index (χ3n) is 3.45. The monoisotopic (exact) mass is 326 g/mol. The first-order valence-corrected chi connectivity index (χ1v) is 7.85. The summed E-state index contributed by atoms with van der Waals surface area (Å²) in [5.41, 5.74) is 1.49. The molecule has 0 aromatic heterocycles. The van der Waals surface area contributed by atoms with Crippen molar-refractivity contribution in [1.29, 1.82) is 0 Å². The van der Waals surface area contributed by atoms with Crippen LogP contribution in [0.1, 0.15) is 29.3 Å². The average Bonchev–Trinajstić information content (AvgIpc) is 2.64. The summed E-state index contributed by atoms with van der Waals surface area (Å²) in [5.74, 6) is 2.00. The van der Waals surface area contributed by atoms with Gasteiger partial charge in [-0.05, 0) is 54.5 Å². The van der Waals surface area contributed by atoms with Gasteiger partial charge in [-0.25, -0.2) is 0 Å². The molecule has 0 fully saturated rings. The van der Waals surface area contributed by atoms with E-state index in [4.69, 9.17) is 14.2 Å². The Morgan fingerprint density at radius 2 is 1.71 bits per heavy atom. The van der Waals surface area contributed by atoms with Crippen LogP contribution in [0.3, 0.4) is 0 Å². The van der Waals surface area contributed by atoms with Crippen molar-refractivity contribution in [3.05, 3.63) is 59.7 Å². The summed E-state index contributed by atoms with van der Waals surface area (Å²) in [5, 5.41) is 0. The first-order valence-electron chi connectivity index (χ1n) is 7.85. The molecular formula is C20H22O4. The minimum atomic E-state index is -0.0631. The molecule has 0 saturated carbocycles. The normalized spacial score (nSPS) is 10.6. The lowest BCUT2D eigenvalue weighted by atomic mass is 10.1. The lowest BCUT2D eigenvalue weighted by molar-refractivity contribution is 0.104. The molecule has 0 amide bonds. The van der Waals surface area contributed by atoms with Crippen molar-refractivity contribution in [3.8, 4) is 17.2 Å². The molecule has 0 unspecified atom stereocenters. The fourth-order valence-corrected chi connectivity index (χ4v) is 2.16. The molecule has 0 atom stereocenters. The molecule has 0 aliphatic rings. The summed E-state index contributed by atoms with van der Waals surface area (Å²) in [4.78, 5) is 12.2. The predicted molar refractivity (Wildman–Crippen MR) is 95.1 cm³/mol. The Bertz CT molecular complexity index is 702. The van der Waals surface area contributed by atoms with Crippen molar-refractivity contribution in [2.75, 3.05) is 20.8 Å². The Labute approximate surface area is 142 Å². The largest absolute Gasteiger partial charge is 0.494 e. The fourth-order valence-electron chi connectivity index (χ4n) is 2.16.